The standard InChI is InChI=1S/C15H18O5/c1-9-10(2)20-12(14(17)13(9)16)8-19-15(18)11-6-4-3-5-7-11/h3-7,9-10,12-13,16H,8H2,1-2H3. The van der Waals surface area contributed by atoms with Gasteiger partial charge in [0.05, 0.1) is 11.7 Å². The van der Waals surface area contributed by atoms with Crippen molar-refractivity contribution in [2.24, 2.45) is 5.92 Å². The van der Waals surface area contributed by atoms with E-state index in [0.29, 0.717) is 5.56 Å². The molecule has 1 aromatic rings. The molecule has 1 heterocycles. The number of carbonyl (C=O) groups excluding carboxylic acids is 2. The number of aliphatic hydroxyl groups is 1. The molecule has 0 aromatic heterocycles. The number of aliphatic hydroxyl groups excluding tert-OH is 1. The highest BCUT2D eigenvalue weighted by Gasteiger charge is 2.40. The van der Waals surface area contributed by atoms with Crippen molar-refractivity contribution in [2.75, 3.05) is 6.61 Å². The van der Waals surface area contributed by atoms with E-state index in [1.54, 1.807) is 44.2 Å². The van der Waals surface area contributed by atoms with Crippen LogP contribution >= 0.6 is 0 Å². The maximum atomic E-state index is 11.9. The second-order valence-electron chi connectivity index (χ2n) is 5.00. The van der Waals surface area contributed by atoms with E-state index in [4.69, 9.17) is 9.47 Å². The molecule has 0 aliphatic carbocycles. The van der Waals surface area contributed by atoms with Crippen LogP contribution in [0.4, 0.5) is 0 Å². The van der Waals surface area contributed by atoms with Crippen LogP contribution in [-0.4, -0.2) is 41.8 Å². The van der Waals surface area contributed by atoms with Crippen LogP contribution < -0.4 is 0 Å². The van der Waals surface area contributed by atoms with Crippen molar-refractivity contribution in [3.63, 3.8) is 0 Å². The molecule has 5 heteroatoms. The summed E-state index contributed by atoms with van der Waals surface area (Å²) in [6.07, 6.45) is -2.23. The van der Waals surface area contributed by atoms with Gasteiger partial charge in [0, 0.05) is 5.92 Å². The SMILES string of the molecule is CC1OC(COC(=O)c2ccccc2)C(=O)C(O)C1C. The van der Waals surface area contributed by atoms with E-state index in [9.17, 15) is 14.7 Å². The number of hydrogen-bond donors (Lipinski definition) is 1. The Bertz CT molecular complexity index is 484. The zero-order chi connectivity index (χ0) is 14.7. The van der Waals surface area contributed by atoms with Crippen molar-refractivity contribution in [1.29, 1.82) is 0 Å². The first kappa shape index (κ1) is 14.7. The Morgan fingerprint density at radius 2 is 1.95 bits per heavy atom. The van der Waals surface area contributed by atoms with Crippen molar-refractivity contribution in [3.8, 4) is 0 Å². The summed E-state index contributed by atoms with van der Waals surface area (Å²) < 4.78 is 10.6. The summed E-state index contributed by atoms with van der Waals surface area (Å²) in [4.78, 5) is 23.6. The quantitative estimate of drug-likeness (QED) is 0.841. The number of Topliss-reactive ketones (excluding diaryl/α,β-unsaturated/α-hetero) is 1. The number of hydrogen-bond acceptors (Lipinski definition) is 5. The predicted octanol–water partition coefficient (Wildman–Crippen LogP) is 1.20. The van der Waals surface area contributed by atoms with Gasteiger partial charge in [0.15, 0.2) is 11.9 Å². The molecule has 0 radical (unpaired) electrons. The average molecular weight is 278 g/mol. The van der Waals surface area contributed by atoms with Gasteiger partial charge in [0.25, 0.3) is 0 Å². The van der Waals surface area contributed by atoms with Crippen molar-refractivity contribution in [2.45, 2.75) is 32.2 Å². The lowest BCUT2D eigenvalue weighted by Gasteiger charge is -2.34. The van der Waals surface area contributed by atoms with E-state index >= 15 is 0 Å². The molecule has 1 aromatic carbocycles. The lowest BCUT2D eigenvalue weighted by atomic mass is 9.90. The molecule has 1 saturated heterocycles. The third-order valence-electron chi connectivity index (χ3n) is 3.60. The average Bonchev–Trinajstić information content (AvgIpc) is 2.48. The van der Waals surface area contributed by atoms with Gasteiger partial charge >= 0.3 is 5.97 Å². The zero-order valence-electron chi connectivity index (χ0n) is 11.5. The highest BCUT2D eigenvalue weighted by Crippen LogP contribution is 2.23. The van der Waals surface area contributed by atoms with E-state index in [0.717, 1.165) is 0 Å². The monoisotopic (exact) mass is 278 g/mol. The molecule has 4 atom stereocenters. The summed E-state index contributed by atoms with van der Waals surface area (Å²) in [5, 5.41) is 9.80. The van der Waals surface area contributed by atoms with Crippen LogP contribution in [0.5, 0.6) is 0 Å². The fourth-order valence-electron chi connectivity index (χ4n) is 2.09. The molecule has 1 N–H and O–H groups in total. The number of rotatable bonds is 3. The summed E-state index contributed by atoms with van der Waals surface area (Å²) in [5.41, 5.74) is 0.415. The zero-order valence-corrected chi connectivity index (χ0v) is 11.5. The number of ketones is 1. The first-order chi connectivity index (χ1) is 9.50. The first-order valence-corrected chi connectivity index (χ1v) is 6.60. The number of benzene rings is 1. The van der Waals surface area contributed by atoms with Crippen molar-refractivity contribution in [1.82, 2.24) is 0 Å². The largest absolute Gasteiger partial charge is 0.459 e. The van der Waals surface area contributed by atoms with Gasteiger partial charge in [0.2, 0.25) is 0 Å². The van der Waals surface area contributed by atoms with E-state index < -0.39 is 24.0 Å². The van der Waals surface area contributed by atoms with Crippen LogP contribution in [-0.2, 0) is 14.3 Å². The summed E-state index contributed by atoms with van der Waals surface area (Å²) in [7, 11) is 0. The lowest BCUT2D eigenvalue weighted by molar-refractivity contribution is -0.169. The molecule has 0 saturated carbocycles. The molecule has 0 amide bonds. The van der Waals surface area contributed by atoms with Crippen molar-refractivity contribution in [3.05, 3.63) is 35.9 Å². The molecular weight excluding hydrogens is 260 g/mol. The minimum absolute atomic E-state index is 0.180. The van der Waals surface area contributed by atoms with Gasteiger partial charge in [0.1, 0.15) is 12.7 Å². The number of esters is 1. The van der Waals surface area contributed by atoms with E-state index in [1.807, 2.05) is 0 Å². The fraction of sp³-hybridized carbons (Fsp3) is 0.467. The van der Waals surface area contributed by atoms with E-state index in [2.05, 4.69) is 0 Å². The van der Waals surface area contributed by atoms with Crippen molar-refractivity contribution < 1.29 is 24.2 Å². The van der Waals surface area contributed by atoms with Gasteiger partial charge in [-0.05, 0) is 19.1 Å². The summed E-state index contributed by atoms with van der Waals surface area (Å²) >= 11 is 0. The van der Waals surface area contributed by atoms with Crippen LogP contribution in [0.1, 0.15) is 24.2 Å². The lowest BCUT2D eigenvalue weighted by Crippen LogP contribution is -2.51. The summed E-state index contributed by atoms with van der Waals surface area (Å²) in [6, 6.07) is 8.51. The van der Waals surface area contributed by atoms with Gasteiger partial charge in [-0.25, -0.2) is 4.79 Å². The molecule has 1 aliphatic heterocycles. The normalized spacial score (nSPS) is 30.1. The van der Waals surface area contributed by atoms with Gasteiger partial charge in [-0.1, -0.05) is 25.1 Å². The molecule has 1 aliphatic rings. The third-order valence-corrected chi connectivity index (χ3v) is 3.60. The minimum Gasteiger partial charge on any atom is -0.459 e. The summed E-state index contributed by atoms with van der Waals surface area (Å²) in [6.45, 7) is 3.35. The molecule has 0 bridgehead atoms. The summed E-state index contributed by atoms with van der Waals surface area (Å²) in [5.74, 6) is -1.21. The smallest absolute Gasteiger partial charge is 0.338 e. The Kier molecular flexibility index (Phi) is 4.52. The fourth-order valence-corrected chi connectivity index (χ4v) is 2.09. The second kappa shape index (κ2) is 6.15. The topological polar surface area (TPSA) is 72.8 Å². The van der Waals surface area contributed by atoms with Crippen LogP contribution in [0.3, 0.4) is 0 Å². The van der Waals surface area contributed by atoms with Gasteiger partial charge in [-0.3, -0.25) is 4.79 Å². The Morgan fingerprint density at radius 3 is 2.60 bits per heavy atom. The minimum atomic E-state index is -1.07. The van der Waals surface area contributed by atoms with Crippen LogP contribution in [0.2, 0.25) is 0 Å². The molecule has 5 nitrogen and oxygen atoms in total. The highest BCUT2D eigenvalue weighted by atomic mass is 16.6. The highest BCUT2D eigenvalue weighted by molar-refractivity contribution is 5.91. The molecule has 20 heavy (non-hydrogen) atoms. The maximum absolute atomic E-state index is 11.9. The van der Waals surface area contributed by atoms with Gasteiger partial charge < -0.3 is 14.6 Å². The number of ether oxygens (including phenoxy) is 2. The first-order valence-electron chi connectivity index (χ1n) is 6.60. The Hall–Kier alpha value is -1.72. The Labute approximate surface area is 117 Å². The molecular formula is C15H18O5. The van der Waals surface area contributed by atoms with Crippen molar-refractivity contribution >= 4 is 11.8 Å². The molecule has 1 fully saturated rings. The third kappa shape index (κ3) is 3.05. The van der Waals surface area contributed by atoms with Crippen LogP contribution in [0.25, 0.3) is 0 Å². The Balaban J connectivity index is 1.94. The molecule has 0 spiro atoms. The second-order valence-corrected chi connectivity index (χ2v) is 5.00. The molecule has 2 rings (SSSR count). The van der Waals surface area contributed by atoms with Crippen LogP contribution in [0.15, 0.2) is 30.3 Å². The molecule has 108 valence electrons. The van der Waals surface area contributed by atoms with Gasteiger partial charge in [-0.2, -0.15) is 0 Å². The van der Waals surface area contributed by atoms with E-state index in [1.165, 1.54) is 0 Å². The predicted molar refractivity (Wildman–Crippen MR) is 71.2 cm³/mol. The maximum Gasteiger partial charge on any atom is 0.338 e. The van der Waals surface area contributed by atoms with E-state index in [-0.39, 0.29) is 18.6 Å². The van der Waals surface area contributed by atoms with Crippen LogP contribution in [0, 0.1) is 5.92 Å². The van der Waals surface area contributed by atoms with Gasteiger partial charge in [-0.15, -0.1) is 0 Å². The Morgan fingerprint density at radius 1 is 1.30 bits per heavy atom. The number of carbonyl (C=O) groups is 2. The molecule has 4 unspecified atom stereocenters.